The molecule has 0 bridgehead atoms. The van der Waals surface area contributed by atoms with Gasteiger partial charge in [-0.1, -0.05) is 17.7 Å². The molecule has 8 heteroatoms. The number of carbonyl (C=O) groups excluding carboxylic acids is 2. The standard InChI is InChI=1S/C23H27ClN2O5/c1-14-5-6-17(24)13-18(14)25-22(27)15-7-9-26(10-8-15)23(28)16-11-19(29-2)21(31-4)20(12-16)30-3/h5-6,11-13,15H,7-10H2,1-4H3,(H,25,27). The molecule has 0 saturated carbocycles. The van der Waals surface area contributed by atoms with Crippen LogP contribution in [-0.4, -0.2) is 51.1 Å². The first kappa shape index (κ1) is 22.7. The van der Waals surface area contributed by atoms with Crippen molar-refractivity contribution >= 4 is 29.1 Å². The van der Waals surface area contributed by atoms with Crippen LogP contribution in [0.15, 0.2) is 30.3 Å². The summed E-state index contributed by atoms with van der Waals surface area (Å²) in [6.07, 6.45) is 1.17. The molecule has 0 radical (unpaired) electrons. The van der Waals surface area contributed by atoms with Crippen LogP contribution in [0.1, 0.15) is 28.8 Å². The van der Waals surface area contributed by atoms with Gasteiger partial charge < -0.3 is 24.4 Å². The minimum atomic E-state index is -0.164. The zero-order valence-corrected chi connectivity index (χ0v) is 18.9. The van der Waals surface area contributed by atoms with Crippen LogP contribution in [0.3, 0.4) is 0 Å². The molecule has 31 heavy (non-hydrogen) atoms. The average Bonchev–Trinajstić information content (AvgIpc) is 2.79. The Morgan fingerprint density at radius 2 is 1.61 bits per heavy atom. The van der Waals surface area contributed by atoms with Gasteiger partial charge in [-0.05, 0) is 49.6 Å². The highest BCUT2D eigenvalue weighted by Crippen LogP contribution is 2.38. The Hall–Kier alpha value is -2.93. The maximum absolute atomic E-state index is 13.0. The van der Waals surface area contributed by atoms with Crippen molar-refractivity contribution < 1.29 is 23.8 Å². The van der Waals surface area contributed by atoms with Crippen molar-refractivity contribution in [2.45, 2.75) is 19.8 Å². The van der Waals surface area contributed by atoms with Crippen molar-refractivity contribution in [3.63, 3.8) is 0 Å². The lowest BCUT2D eigenvalue weighted by molar-refractivity contribution is -0.121. The molecule has 1 aliphatic heterocycles. The number of rotatable bonds is 6. The van der Waals surface area contributed by atoms with Crippen LogP contribution in [0.5, 0.6) is 17.2 Å². The first-order valence-corrected chi connectivity index (χ1v) is 10.4. The smallest absolute Gasteiger partial charge is 0.254 e. The first-order valence-electron chi connectivity index (χ1n) is 10.0. The van der Waals surface area contributed by atoms with E-state index in [1.54, 1.807) is 29.2 Å². The second-order valence-corrected chi connectivity index (χ2v) is 7.87. The summed E-state index contributed by atoms with van der Waals surface area (Å²) in [7, 11) is 4.54. The molecular weight excluding hydrogens is 420 g/mol. The number of carbonyl (C=O) groups is 2. The summed E-state index contributed by atoms with van der Waals surface area (Å²) in [6.45, 7) is 2.90. The molecule has 1 saturated heterocycles. The molecule has 7 nitrogen and oxygen atoms in total. The molecule has 3 rings (SSSR count). The van der Waals surface area contributed by atoms with Crippen LogP contribution in [0.25, 0.3) is 0 Å². The fraction of sp³-hybridized carbons (Fsp3) is 0.391. The van der Waals surface area contributed by atoms with Crippen LogP contribution >= 0.6 is 11.6 Å². The Balaban J connectivity index is 1.66. The van der Waals surface area contributed by atoms with Gasteiger partial charge in [0.2, 0.25) is 11.7 Å². The fourth-order valence-electron chi connectivity index (χ4n) is 3.70. The number of halogens is 1. The predicted molar refractivity (Wildman–Crippen MR) is 120 cm³/mol. The monoisotopic (exact) mass is 446 g/mol. The van der Waals surface area contributed by atoms with Crippen LogP contribution in [-0.2, 0) is 4.79 Å². The van der Waals surface area contributed by atoms with E-state index in [4.69, 9.17) is 25.8 Å². The summed E-state index contributed by atoms with van der Waals surface area (Å²) < 4.78 is 16.0. The van der Waals surface area contributed by atoms with Crippen molar-refractivity contribution in [2.24, 2.45) is 5.92 Å². The van der Waals surface area contributed by atoms with Gasteiger partial charge >= 0.3 is 0 Å². The van der Waals surface area contributed by atoms with E-state index in [1.807, 2.05) is 13.0 Å². The summed E-state index contributed by atoms with van der Waals surface area (Å²) in [4.78, 5) is 27.5. The molecule has 0 spiro atoms. The minimum absolute atomic E-state index is 0.0507. The Kier molecular flexibility index (Phi) is 7.28. The molecule has 2 aromatic rings. The van der Waals surface area contributed by atoms with Gasteiger partial charge in [0.05, 0.1) is 21.3 Å². The zero-order chi connectivity index (χ0) is 22.5. The van der Waals surface area contributed by atoms with Crippen LogP contribution in [0.4, 0.5) is 5.69 Å². The summed E-state index contributed by atoms with van der Waals surface area (Å²) >= 11 is 6.04. The lowest BCUT2D eigenvalue weighted by atomic mass is 9.95. The maximum atomic E-state index is 13.0. The molecule has 2 amide bonds. The van der Waals surface area contributed by atoms with Gasteiger partial charge in [0.25, 0.3) is 5.91 Å². The molecule has 0 atom stereocenters. The van der Waals surface area contributed by atoms with E-state index >= 15 is 0 Å². The minimum Gasteiger partial charge on any atom is -0.493 e. The number of benzene rings is 2. The Morgan fingerprint density at radius 3 is 2.16 bits per heavy atom. The molecule has 2 aromatic carbocycles. The molecule has 1 aliphatic rings. The number of anilines is 1. The number of hydrogen-bond acceptors (Lipinski definition) is 5. The number of nitrogens with zero attached hydrogens (tertiary/aromatic N) is 1. The number of amides is 2. The molecule has 1 N–H and O–H groups in total. The number of likely N-dealkylation sites (tertiary alicyclic amines) is 1. The van der Waals surface area contributed by atoms with Gasteiger partial charge in [-0.2, -0.15) is 0 Å². The molecule has 0 aliphatic carbocycles. The summed E-state index contributed by atoms with van der Waals surface area (Å²) in [5.74, 6) is 0.942. The molecule has 1 fully saturated rings. The second kappa shape index (κ2) is 9.92. The highest BCUT2D eigenvalue weighted by molar-refractivity contribution is 6.31. The van der Waals surface area contributed by atoms with E-state index in [1.165, 1.54) is 21.3 Å². The van der Waals surface area contributed by atoms with E-state index in [9.17, 15) is 9.59 Å². The number of ether oxygens (including phenoxy) is 3. The number of piperidine rings is 1. The van der Waals surface area contributed by atoms with Crippen LogP contribution in [0.2, 0.25) is 5.02 Å². The molecule has 0 unspecified atom stereocenters. The van der Waals surface area contributed by atoms with Crippen molar-refractivity contribution in [3.8, 4) is 17.2 Å². The zero-order valence-electron chi connectivity index (χ0n) is 18.2. The number of nitrogens with one attached hydrogen (secondary N) is 1. The summed E-state index contributed by atoms with van der Waals surface area (Å²) in [6, 6.07) is 8.70. The van der Waals surface area contributed by atoms with Gasteiger partial charge in [0.1, 0.15) is 0 Å². The van der Waals surface area contributed by atoms with E-state index in [-0.39, 0.29) is 17.7 Å². The van der Waals surface area contributed by atoms with E-state index in [0.29, 0.717) is 59.5 Å². The Labute approximate surface area is 187 Å². The summed E-state index contributed by atoms with van der Waals surface area (Å²) in [5.41, 5.74) is 2.12. The van der Waals surface area contributed by atoms with Crippen molar-refractivity contribution in [1.29, 1.82) is 0 Å². The number of hydrogen-bond donors (Lipinski definition) is 1. The SMILES string of the molecule is COc1cc(C(=O)N2CCC(C(=O)Nc3cc(Cl)ccc3C)CC2)cc(OC)c1OC. The van der Waals surface area contributed by atoms with Gasteiger partial charge in [0.15, 0.2) is 11.5 Å². The van der Waals surface area contributed by atoms with E-state index < -0.39 is 0 Å². The lowest BCUT2D eigenvalue weighted by Gasteiger charge is -2.31. The first-order chi connectivity index (χ1) is 14.9. The highest BCUT2D eigenvalue weighted by Gasteiger charge is 2.29. The van der Waals surface area contributed by atoms with Crippen molar-refractivity contribution in [3.05, 3.63) is 46.5 Å². The van der Waals surface area contributed by atoms with Gasteiger partial charge in [-0.25, -0.2) is 0 Å². The molecule has 1 heterocycles. The van der Waals surface area contributed by atoms with Crippen molar-refractivity contribution in [2.75, 3.05) is 39.7 Å². The Bertz CT molecular complexity index is 945. The maximum Gasteiger partial charge on any atom is 0.254 e. The number of methoxy groups -OCH3 is 3. The number of aryl methyl sites for hydroxylation is 1. The fourth-order valence-corrected chi connectivity index (χ4v) is 3.87. The Morgan fingerprint density at radius 1 is 1.00 bits per heavy atom. The topological polar surface area (TPSA) is 77.1 Å². The third-order valence-electron chi connectivity index (χ3n) is 5.52. The molecule has 166 valence electrons. The molecule has 0 aromatic heterocycles. The van der Waals surface area contributed by atoms with Crippen LogP contribution < -0.4 is 19.5 Å². The van der Waals surface area contributed by atoms with Gasteiger partial charge in [-0.3, -0.25) is 9.59 Å². The van der Waals surface area contributed by atoms with Crippen molar-refractivity contribution in [1.82, 2.24) is 4.90 Å². The average molecular weight is 447 g/mol. The largest absolute Gasteiger partial charge is 0.493 e. The van der Waals surface area contributed by atoms with Gasteiger partial charge in [-0.15, -0.1) is 0 Å². The third-order valence-corrected chi connectivity index (χ3v) is 5.76. The highest BCUT2D eigenvalue weighted by atomic mass is 35.5. The second-order valence-electron chi connectivity index (χ2n) is 7.43. The van der Waals surface area contributed by atoms with E-state index in [2.05, 4.69) is 5.32 Å². The quantitative estimate of drug-likeness (QED) is 0.720. The molecular formula is C23H27ClN2O5. The van der Waals surface area contributed by atoms with Crippen LogP contribution in [0, 0.1) is 12.8 Å². The lowest BCUT2D eigenvalue weighted by Crippen LogP contribution is -2.41. The predicted octanol–water partition coefficient (Wildman–Crippen LogP) is 4.17. The van der Waals surface area contributed by atoms with E-state index in [0.717, 1.165) is 5.56 Å². The summed E-state index contributed by atoms with van der Waals surface area (Å²) in [5, 5.41) is 3.54. The van der Waals surface area contributed by atoms with Gasteiger partial charge in [0, 0.05) is 35.3 Å². The third kappa shape index (κ3) is 5.05. The normalized spacial score (nSPS) is 14.2.